The summed E-state index contributed by atoms with van der Waals surface area (Å²) < 4.78 is 0. The van der Waals surface area contributed by atoms with Crippen LogP contribution in [0.3, 0.4) is 0 Å². The molecule has 0 saturated heterocycles. The topological polar surface area (TPSA) is 29.1 Å². The van der Waals surface area contributed by atoms with Crippen molar-refractivity contribution in [2.45, 2.75) is 62.8 Å². The molecule has 0 spiro atoms. The molecule has 2 atom stereocenters. The summed E-state index contributed by atoms with van der Waals surface area (Å²) >= 11 is 6.22. The summed E-state index contributed by atoms with van der Waals surface area (Å²) in [4.78, 5) is 11.9. The third kappa shape index (κ3) is 2.87. The molecule has 0 aromatic heterocycles. The van der Waals surface area contributed by atoms with Crippen LogP contribution in [0, 0.1) is 5.92 Å². The van der Waals surface area contributed by atoms with Crippen LogP contribution in [0.2, 0.25) is 0 Å². The van der Waals surface area contributed by atoms with Gasteiger partial charge in [-0.3, -0.25) is 4.79 Å². The van der Waals surface area contributed by atoms with Crippen LogP contribution < -0.4 is 5.32 Å². The zero-order valence-electron chi connectivity index (χ0n) is 9.18. The van der Waals surface area contributed by atoms with Gasteiger partial charge in [0, 0.05) is 12.0 Å². The molecule has 0 aromatic carbocycles. The Kier molecular flexibility index (Phi) is 3.90. The number of hydrogen-bond donors (Lipinski definition) is 1. The molecular formula is C12H20ClNO. The van der Waals surface area contributed by atoms with E-state index >= 15 is 0 Å². The van der Waals surface area contributed by atoms with Crippen LogP contribution in [0.4, 0.5) is 0 Å². The fourth-order valence-corrected chi connectivity index (χ4v) is 3.08. The van der Waals surface area contributed by atoms with Gasteiger partial charge in [-0.25, -0.2) is 0 Å². The monoisotopic (exact) mass is 229 g/mol. The van der Waals surface area contributed by atoms with Crippen LogP contribution in [-0.4, -0.2) is 17.3 Å². The van der Waals surface area contributed by atoms with Crippen LogP contribution in [0.1, 0.15) is 51.4 Å². The molecule has 2 unspecified atom stereocenters. The van der Waals surface area contributed by atoms with Crippen LogP contribution in [0.15, 0.2) is 0 Å². The molecule has 0 aliphatic heterocycles. The molecule has 2 fully saturated rings. The van der Waals surface area contributed by atoms with Crippen molar-refractivity contribution in [2.24, 2.45) is 5.92 Å². The van der Waals surface area contributed by atoms with Crippen LogP contribution in [-0.2, 0) is 4.79 Å². The van der Waals surface area contributed by atoms with E-state index in [0.29, 0.717) is 0 Å². The number of rotatable bonds is 2. The van der Waals surface area contributed by atoms with Gasteiger partial charge in [-0.2, -0.15) is 0 Å². The van der Waals surface area contributed by atoms with Gasteiger partial charge in [0.15, 0.2) is 0 Å². The number of carbonyl (C=O) groups is 1. The van der Waals surface area contributed by atoms with Gasteiger partial charge in [-0.05, 0) is 25.7 Å². The number of nitrogens with one attached hydrogen (secondary N) is 1. The lowest BCUT2D eigenvalue weighted by Gasteiger charge is -2.28. The Bertz CT molecular complexity index is 226. The Morgan fingerprint density at radius 3 is 2.27 bits per heavy atom. The Morgan fingerprint density at radius 2 is 1.60 bits per heavy atom. The highest BCUT2D eigenvalue weighted by molar-refractivity contribution is 6.21. The molecule has 1 amide bonds. The molecular weight excluding hydrogens is 210 g/mol. The zero-order chi connectivity index (χ0) is 10.7. The Labute approximate surface area is 96.8 Å². The number of halogens is 1. The molecule has 2 saturated carbocycles. The summed E-state index contributed by atoms with van der Waals surface area (Å²) in [6.07, 6.45) is 9.11. The van der Waals surface area contributed by atoms with Gasteiger partial charge in [0.1, 0.15) is 0 Å². The largest absolute Gasteiger partial charge is 0.352 e. The van der Waals surface area contributed by atoms with Gasteiger partial charge in [0.2, 0.25) is 5.91 Å². The maximum absolute atomic E-state index is 11.9. The van der Waals surface area contributed by atoms with Crippen molar-refractivity contribution in [1.29, 1.82) is 0 Å². The smallest absolute Gasteiger partial charge is 0.223 e. The van der Waals surface area contributed by atoms with Gasteiger partial charge in [-0.15, -0.1) is 11.6 Å². The fraction of sp³-hybridized carbons (Fsp3) is 0.917. The van der Waals surface area contributed by atoms with Crippen molar-refractivity contribution in [3.05, 3.63) is 0 Å². The highest BCUT2D eigenvalue weighted by Gasteiger charge is 2.28. The molecule has 2 rings (SSSR count). The van der Waals surface area contributed by atoms with E-state index in [2.05, 4.69) is 5.32 Å². The molecule has 3 heteroatoms. The molecule has 15 heavy (non-hydrogen) atoms. The van der Waals surface area contributed by atoms with E-state index in [1.54, 1.807) is 0 Å². The Morgan fingerprint density at radius 1 is 1.00 bits per heavy atom. The standard InChI is InChI=1S/C12H20ClNO/c13-10-7-3-4-8-11(10)14-12(15)9-5-1-2-6-9/h9-11H,1-8H2,(H,14,15). The Balaban J connectivity index is 1.81. The molecule has 0 aromatic rings. The third-order valence-electron chi connectivity index (χ3n) is 3.74. The number of carbonyl (C=O) groups excluding carboxylic acids is 1. The minimum absolute atomic E-state index is 0.157. The van der Waals surface area contributed by atoms with E-state index < -0.39 is 0 Å². The fourth-order valence-electron chi connectivity index (χ4n) is 2.74. The number of alkyl halides is 1. The molecule has 1 N–H and O–H groups in total. The molecule has 86 valence electrons. The van der Waals surface area contributed by atoms with Crippen LogP contribution >= 0.6 is 11.6 Å². The summed E-state index contributed by atoms with van der Waals surface area (Å²) in [5.41, 5.74) is 0. The number of hydrogen-bond acceptors (Lipinski definition) is 1. The molecule has 2 aliphatic carbocycles. The predicted octanol–water partition coefficient (Wildman–Crippen LogP) is 2.84. The van der Waals surface area contributed by atoms with Crippen LogP contribution in [0.25, 0.3) is 0 Å². The summed E-state index contributed by atoms with van der Waals surface area (Å²) in [7, 11) is 0. The lowest BCUT2D eigenvalue weighted by Crippen LogP contribution is -2.44. The zero-order valence-corrected chi connectivity index (χ0v) is 9.93. The first-order chi connectivity index (χ1) is 7.27. The second-order valence-electron chi connectivity index (χ2n) is 4.90. The average Bonchev–Trinajstić information content (AvgIpc) is 2.74. The summed E-state index contributed by atoms with van der Waals surface area (Å²) in [5, 5.41) is 3.30. The summed E-state index contributed by atoms with van der Waals surface area (Å²) in [6, 6.07) is 0.230. The van der Waals surface area contributed by atoms with E-state index in [1.807, 2.05) is 0 Å². The first-order valence-corrected chi connectivity index (χ1v) is 6.65. The lowest BCUT2D eigenvalue weighted by atomic mass is 9.94. The van der Waals surface area contributed by atoms with Crippen molar-refractivity contribution in [3.63, 3.8) is 0 Å². The van der Waals surface area contributed by atoms with Crippen molar-refractivity contribution in [3.8, 4) is 0 Å². The van der Waals surface area contributed by atoms with Gasteiger partial charge in [-0.1, -0.05) is 25.7 Å². The summed E-state index contributed by atoms with van der Waals surface area (Å²) in [6.45, 7) is 0. The Hall–Kier alpha value is -0.240. The lowest BCUT2D eigenvalue weighted by molar-refractivity contribution is -0.125. The molecule has 2 aliphatic rings. The molecule has 2 nitrogen and oxygen atoms in total. The maximum Gasteiger partial charge on any atom is 0.223 e. The highest BCUT2D eigenvalue weighted by atomic mass is 35.5. The number of amides is 1. The first-order valence-electron chi connectivity index (χ1n) is 6.22. The summed E-state index contributed by atoms with van der Waals surface area (Å²) in [5.74, 6) is 0.529. The van der Waals surface area contributed by atoms with Gasteiger partial charge < -0.3 is 5.32 Å². The second-order valence-corrected chi connectivity index (χ2v) is 5.46. The molecule has 0 radical (unpaired) electrons. The average molecular weight is 230 g/mol. The van der Waals surface area contributed by atoms with Gasteiger partial charge in [0.05, 0.1) is 5.38 Å². The minimum atomic E-state index is 0.157. The van der Waals surface area contributed by atoms with E-state index in [-0.39, 0.29) is 23.2 Å². The van der Waals surface area contributed by atoms with Crippen molar-refractivity contribution in [2.75, 3.05) is 0 Å². The second kappa shape index (κ2) is 5.20. The van der Waals surface area contributed by atoms with Crippen molar-refractivity contribution in [1.82, 2.24) is 5.32 Å². The van der Waals surface area contributed by atoms with E-state index in [0.717, 1.165) is 25.7 Å². The minimum Gasteiger partial charge on any atom is -0.352 e. The highest BCUT2D eigenvalue weighted by Crippen LogP contribution is 2.27. The van der Waals surface area contributed by atoms with Gasteiger partial charge in [0.25, 0.3) is 0 Å². The third-order valence-corrected chi connectivity index (χ3v) is 4.26. The molecule has 0 heterocycles. The SMILES string of the molecule is O=C(NC1CCCCC1Cl)C1CCCC1. The van der Waals surface area contributed by atoms with Crippen LogP contribution in [0.5, 0.6) is 0 Å². The van der Waals surface area contributed by atoms with Gasteiger partial charge >= 0.3 is 0 Å². The van der Waals surface area contributed by atoms with Crippen molar-refractivity contribution >= 4 is 17.5 Å². The maximum atomic E-state index is 11.9. The van der Waals surface area contributed by atoms with E-state index in [9.17, 15) is 4.79 Å². The van der Waals surface area contributed by atoms with E-state index in [4.69, 9.17) is 11.6 Å². The quantitative estimate of drug-likeness (QED) is 0.725. The molecule has 0 bridgehead atoms. The normalized spacial score (nSPS) is 32.9. The first kappa shape index (κ1) is 11.3. The van der Waals surface area contributed by atoms with Crippen molar-refractivity contribution < 1.29 is 4.79 Å². The van der Waals surface area contributed by atoms with E-state index in [1.165, 1.54) is 25.7 Å². The predicted molar refractivity (Wildman–Crippen MR) is 62.0 cm³/mol.